The van der Waals surface area contributed by atoms with Gasteiger partial charge >= 0.3 is 0 Å². The summed E-state index contributed by atoms with van der Waals surface area (Å²) in [7, 11) is 0. The van der Waals surface area contributed by atoms with Gasteiger partial charge in [0.05, 0.1) is 6.04 Å². The lowest BCUT2D eigenvalue weighted by Crippen LogP contribution is -2.33. The molecule has 1 unspecified atom stereocenters. The highest BCUT2D eigenvalue weighted by Gasteiger charge is 2.18. The van der Waals surface area contributed by atoms with Crippen LogP contribution in [0.4, 0.5) is 0 Å². The van der Waals surface area contributed by atoms with Crippen molar-refractivity contribution >= 4 is 23.2 Å². The fraction of sp³-hybridized carbons (Fsp3) is 0.280. The van der Waals surface area contributed by atoms with E-state index < -0.39 is 0 Å². The zero-order valence-corrected chi connectivity index (χ0v) is 18.3. The van der Waals surface area contributed by atoms with Gasteiger partial charge in [0.15, 0.2) is 0 Å². The molecule has 0 bridgehead atoms. The second kappa shape index (κ2) is 10.7. The summed E-state index contributed by atoms with van der Waals surface area (Å²) in [4.78, 5) is 26.0. The maximum Gasteiger partial charge on any atom is 0.251 e. The SMILES string of the molecule is CCCc1ccc(C(NC(=O)CCNC(=O)c2ccccc2C)c2cccs2)cc1. The third kappa shape index (κ3) is 5.80. The number of nitrogens with one attached hydrogen (secondary N) is 2. The summed E-state index contributed by atoms with van der Waals surface area (Å²) in [5.41, 5.74) is 3.93. The second-order valence-corrected chi connectivity index (χ2v) is 8.31. The molecule has 0 saturated heterocycles. The molecule has 3 rings (SSSR count). The number of carbonyl (C=O) groups is 2. The molecule has 5 heteroatoms. The van der Waals surface area contributed by atoms with E-state index >= 15 is 0 Å². The van der Waals surface area contributed by atoms with E-state index in [1.54, 1.807) is 17.4 Å². The van der Waals surface area contributed by atoms with Crippen LogP contribution in [0.1, 0.15) is 57.7 Å². The lowest BCUT2D eigenvalue weighted by molar-refractivity contribution is -0.121. The first-order valence-electron chi connectivity index (χ1n) is 10.3. The highest BCUT2D eigenvalue weighted by atomic mass is 32.1. The molecule has 1 heterocycles. The zero-order chi connectivity index (χ0) is 21.3. The lowest BCUT2D eigenvalue weighted by Gasteiger charge is -2.19. The maximum absolute atomic E-state index is 12.6. The first-order chi connectivity index (χ1) is 14.6. The Morgan fingerprint density at radius 3 is 2.43 bits per heavy atom. The quantitative estimate of drug-likeness (QED) is 0.510. The zero-order valence-electron chi connectivity index (χ0n) is 17.5. The van der Waals surface area contributed by atoms with Crippen molar-refractivity contribution in [3.8, 4) is 0 Å². The van der Waals surface area contributed by atoms with Gasteiger partial charge in [-0.25, -0.2) is 0 Å². The van der Waals surface area contributed by atoms with Crippen molar-refractivity contribution in [1.82, 2.24) is 10.6 Å². The molecule has 0 aliphatic carbocycles. The molecule has 4 nitrogen and oxygen atoms in total. The average Bonchev–Trinajstić information content (AvgIpc) is 3.28. The van der Waals surface area contributed by atoms with Crippen molar-refractivity contribution in [3.63, 3.8) is 0 Å². The van der Waals surface area contributed by atoms with Gasteiger partial charge in [0, 0.05) is 23.4 Å². The van der Waals surface area contributed by atoms with E-state index in [9.17, 15) is 9.59 Å². The normalized spacial score (nSPS) is 11.7. The third-order valence-corrected chi connectivity index (χ3v) is 5.95. The van der Waals surface area contributed by atoms with Gasteiger partial charge in [-0.15, -0.1) is 11.3 Å². The summed E-state index contributed by atoms with van der Waals surface area (Å²) in [6.07, 6.45) is 2.39. The Labute approximate surface area is 182 Å². The van der Waals surface area contributed by atoms with E-state index in [0.29, 0.717) is 12.1 Å². The number of rotatable bonds is 9. The summed E-state index contributed by atoms with van der Waals surface area (Å²) in [6.45, 7) is 4.37. The number of hydrogen-bond donors (Lipinski definition) is 2. The van der Waals surface area contributed by atoms with E-state index in [-0.39, 0.29) is 24.3 Å². The molecule has 1 atom stereocenters. The van der Waals surface area contributed by atoms with Gasteiger partial charge in [0.2, 0.25) is 5.91 Å². The van der Waals surface area contributed by atoms with E-state index in [0.717, 1.165) is 28.8 Å². The van der Waals surface area contributed by atoms with Crippen LogP contribution in [0.25, 0.3) is 0 Å². The van der Waals surface area contributed by atoms with Crippen LogP contribution in [0.3, 0.4) is 0 Å². The molecular formula is C25H28N2O2S. The molecule has 0 aliphatic heterocycles. The molecule has 1 aromatic heterocycles. The van der Waals surface area contributed by atoms with Crippen LogP contribution in [0.15, 0.2) is 66.0 Å². The van der Waals surface area contributed by atoms with Crippen molar-refractivity contribution < 1.29 is 9.59 Å². The fourth-order valence-corrected chi connectivity index (χ4v) is 4.19. The second-order valence-electron chi connectivity index (χ2n) is 7.33. The number of thiophene rings is 1. The fourth-order valence-electron chi connectivity index (χ4n) is 3.39. The molecule has 0 aliphatic rings. The molecule has 2 N–H and O–H groups in total. The average molecular weight is 421 g/mol. The predicted molar refractivity (Wildman–Crippen MR) is 123 cm³/mol. The van der Waals surface area contributed by atoms with Crippen LogP contribution in [-0.4, -0.2) is 18.4 Å². The number of amides is 2. The van der Waals surface area contributed by atoms with Crippen molar-refractivity contribution in [2.75, 3.05) is 6.54 Å². The summed E-state index contributed by atoms with van der Waals surface area (Å²) >= 11 is 1.63. The van der Waals surface area contributed by atoms with Crippen molar-refractivity contribution in [2.24, 2.45) is 0 Å². The summed E-state index contributed by atoms with van der Waals surface area (Å²) < 4.78 is 0. The minimum atomic E-state index is -0.180. The van der Waals surface area contributed by atoms with E-state index in [2.05, 4.69) is 41.8 Å². The standard InChI is InChI=1S/C25H28N2O2S/c1-3-7-19-11-13-20(14-12-19)24(22-10-6-17-30-22)27-23(28)15-16-26-25(29)21-9-5-4-8-18(21)2/h4-6,8-14,17,24H,3,7,15-16H2,1-2H3,(H,26,29)(H,27,28). The molecule has 3 aromatic rings. The highest BCUT2D eigenvalue weighted by Crippen LogP contribution is 2.26. The molecule has 2 aromatic carbocycles. The minimum Gasteiger partial charge on any atom is -0.352 e. The van der Waals surface area contributed by atoms with Gasteiger partial charge < -0.3 is 10.6 Å². The number of aryl methyl sites for hydroxylation is 2. The highest BCUT2D eigenvalue weighted by molar-refractivity contribution is 7.10. The molecule has 0 fully saturated rings. The van der Waals surface area contributed by atoms with Gasteiger partial charge in [-0.1, -0.05) is 61.9 Å². The van der Waals surface area contributed by atoms with Gasteiger partial charge in [-0.3, -0.25) is 9.59 Å². The van der Waals surface area contributed by atoms with E-state index in [1.807, 2.05) is 42.6 Å². The van der Waals surface area contributed by atoms with Crippen LogP contribution >= 0.6 is 11.3 Å². The monoisotopic (exact) mass is 420 g/mol. The van der Waals surface area contributed by atoms with Crippen molar-refractivity contribution in [3.05, 3.63) is 93.2 Å². The van der Waals surface area contributed by atoms with Crippen LogP contribution in [-0.2, 0) is 11.2 Å². The van der Waals surface area contributed by atoms with Crippen LogP contribution in [0, 0.1) is 6.92 Å². The van der Waals surface area contributed by atoms with Crippen LogP contribution in [0.2, 0.25) is 0 Å². The Kier molecular flexibility index (Phi) is 7.80. The summed E-state index contributed by atoms with van der Waals surface area (Å²) in [5.74, 6) is -0.238. The lowest BCUT2D eigenvalue weighted by atomic mass is 10.0. The largest absolute Gasteiger partial charge is 0.352 e. The van der Waals surface area contributed by atoms with Crippen molar-refractivity contribution in [2.45, 2.75) is 39.2 Å². The Morgan fingerprint density at radius 1 is 1.00 bits per heavy atom. The number of benzene rings is 2. The summed E-state index contributed by atoms with van der Waals surface area (Å²) in [5, 5.41) is 7.99. The Bertz CT molecular complexity index is 965. The Morgan fingerprint density at radius 2 is 1.77 bits per heavy atom. The van der Waals surface area contributed by atoms with Gasteiger partial charge in [0.25, 0.3) is 5.91 Å². The van der Waals surface area contributed by atoms with Gasteiger partial charge in [0.1, 0.15) is 0 Å². The third-order valence-electron chi connectivity index (χ3n) is 5.01. The molecule has 0 saturated carbocycles. The number of hydrogen-bond acceptors (Lipinski definition) is 3. The molecule has 0 radical (unpaired) electrons. The van der Waals surface area contributed by atoms with Gasteiger partial charge in [-0.05, 0) is 47.5 Å². The maximum atomic E-state index is 12.6. The Hall–Kier alpha value is -2.92. The summed E-state index contributed by atoms with van der Waals surface area (Å²) in [6, 6.07) is 19.7. The Balaban J connectivity index is 1.60. The van der Waals surface area contributed by atoms with E-state index in [1.165, 1.54) is 5.56 Å². The van der Waals surface area contributed by atoms with Crippen molar-refractivity contribution in [1.29, 1.82) is 0 Å². The molecule has 156 valence electrons. The first kappa shape index (κ1) is 21.8. The molecular weight excluding hydrogens is 392 g/mol. The predicted octanol–water partition coefficient (Wildman–Crippen LogP) is 5.03. The molecule has 2 amide bonds. The number of carbonyl (C=O) groups excluding carboxylic acids is 2. The molecule has 30 heavy (non-hydrogen) atoms. The molecule has 0 spiro atoms. The van der Waals surface area contributed by atoms with Crippen LogP contribution < -0.4 is 10.6 Å². The van der Waals surface area contributed by atoms with Gasteiger partial charge in [-0.2, -0.15) is 0 Å². The smallest absolute Gasteiger partial charge is 0.251 e. The topological polar surface area (TPSA) is 58.2 Å². The van der Waals surface area contributed by atoms with E-state index in [4.69, 9.17) is 0 Å². The minimum absolute atomic E-state index is 0.0869. The van der Waals surface area contributed by atoms with Crippen LogP contribution in [0.5, 0.6) is 0 Å². The first-order valence-corrected chi connectivity index (χ1v) is 11.2.